The van der Waals surface area contributed by atoms with E-state index in [-0.39, 0.29) is 0 Å². The molecule has 0 radical (unpaired) electrons. The summed E-state index contributed by atoms with van der Waals surface area (Å²) in [6.45, 7) is -0.128. The molecule has 10 N–H and O–H groups in total. The predicted octanol–water partition coefficient (Wildman–Crippen LogP) is -6.55. The van der Waals surface area contributed by atoms with Gasteiger partial charge in [0.1, 0.15) is 67.1 Å². The highest BCUT2D eigenvalue weighted by Crippen LogP contribution is 2.32. The molecule has 15 heteroatoms. The van der Waals surface area contributed by atoms with Crippen LogP contribution in [0.1, 0.15) is 6.92 Å². The van der Waals surface area contributed by atoms with Gasteiger partial charge in [-0.1, -0.05) is 0 Å². The van der Waals surface area contributed by atoms with Crippen LogP contribution in [0.25, 0.3) is 0 Å². The maximum atomic E-state index is 10.6. The van der Waals surface area contributed by atoms with Crippen LogP contribution in [0.2, 0.25) is 0 Å². The van der Waals surface area contributed by atoms with Crippen molar-refractivity contribution in [1.29, 1.82) is 0 Å². The van der Waals surface area contributed by atoms with E-state index < -0.39 is 105 Å². The fourth-order valence-electron chi connectivity index (χ4n) is 3.98. The van der Waals surface area contributed by atoms with Crippen molar-refractivity contribution in [2.45, 2.75) is 99.0 Å². The van der Waals surface area contributed by atoms with E-state index in [4.69, 9.17) is 23.7 Å². The Hall–Kier alpha value is -0.600. The Morgan fingerprint density at radius 1 is 0.545 bits per heavy atom. The highest BCUT2D eigenvalue weighted by molar-refractivity contribution is 4.95. The lowest BCUT2D eigenvalue weighted by molar-refractivity contribution is -0.385. The van der Waals surface area contributed by atoms with E-state index in [0.717, 1.165) is 0 Å². The van der Waals surface area contributed by atoms with Crippen LogP contribution < -0.4 is 0 Å². The fourth-order valence-corrected chi connectivity index (χ4v) is 3.98. The second-order valence-electron chi connectivity index (χ2n) is 8.32. The number of hydrogen-bond acceptors (Lipinski definition) is 15. The van der Waals surface area contributed by atoms with Gasteiger partial charge in [-0.15, -0.1) is 0 Å². The summed E-state index contributed by atoms with van der Waals surface area (Å²) in [6.07, 6.45) is -24.1. The molecular weight excluding hydrogens is 456 g/mol. The van der Waals surface area contributed by atoms with E-state index >= 15 is 0 Å². The first-order valence-corrected chi connectivity index (χ1v) is 10.4. The first-order valence-electron chi connectivity index (χ1n) is 10.4. The number of aliphatic hydroxyl groups is 10. The minimum absolute atomic E-state index is 0.760. The van der Waals surface area contributed by atoms with Gasteiger partial charge in [0, 0.05) is 0 Å². The molecule has 3 rings (SSSR count). The van der Waals surface area contributed by atoms with Crippen LogP contribution in [0, 0.1) is 0 Å². The van der Waals surface area contributed by atoms with Gasteiger partial charge < -0.3 is 74.7 Å². The molecule has 0 saturated carbocycles. The molecule has 194 valence electrons. The third-order valence-electron chi connectivity index (χ3n) is 6.05. The van der Waals surface area contributed by atoms with Crippen molar-refractivity contribution in [3.63, 3.8) is 0 Å². The van der Waals surface area contributed by atoms with Gasteiger partial charge in [0.25, 0.3) is 0 Å². The summed E-state index contributed by atoms with van der Waals surface area (Å²) < 4.78 is 26.9. The van der Waals surface area contributed by atoms with E-state index in [1.807, 2.05) is 0 Å². The molecule has 15 atom stereocenters. The molecule has 0 aromatic heterocycles. The van der Waals surface area contributed by atoms with Gasteiger partial charge in [-0.25, -0.2) is 0 Å². The summed E-state index contributed by atoms with van der Waals surface area (Å²) in [5.74, 6) is 0. The summed E-state index contributed by atoms with van der Waals surface area (Å²) >= 11 is 0. The third kappa shape index (κ3) is 5.32. The Morgan fingerprint density at radius 2 is 1.12 bits per heavy atom. The van der Waals surface area contributed by atoms with Crippen molar-refractivity contribution in [2.75, 3.05) is 13.2 Å². The zero-order valence-electron chi connectivity index (χ0n) is 17.6. The maximum Gasteiger partial charge on any atom is 0.187 e. The monoisotopic (exact) mass is 488 g/mol. The second kappa shape index (κ2) is 11.0. The van der Waals surface area contributed by atoms with E-state index in [0.29, 0.717) is 0 Å². The molecule has 3 saturated heterocycles. The van der Waals surface area contributed by atoms with Gasteiger partial charge in [-0.3, -0.25) is 0 Å². The summed E-state index contributed by atoms with van der Waals surface area (Å²) in [4.78, 5) is 0. The quantitative estimate of drug-likeness (QED) is 0.167. The van der Waals surface area contributed by atoms with Crippen molar-refractivity contribution in [3.8, 4) is 0 Å². The molecule has 1 unspecified atom stereocenters. The first-order chi connectivity index (χ1) is 15.5. The van der Waals surface area contributed by atoms with Crippen LogP contribution in [0.3, 0.4) is 0 Å². The fraction of sp³-hybridized carbons (Fsp3) is 1.00. The second-order valence-corrected chi connectivity index (χ2v) is 8.32. The molecule has 33 heavy (non-hydrogen) atoms. The van der Waals surface area contributed by atoms with Crippen LogP contribution in [0.4, 0.5) is 0 Å². The predicted molar refractivity (Wildman–Crippen MR) is 99.8 cm³/mol. The summed E-state index contributed by atoms with van der Waals surface area (Å²) in [6, 6.07) is 0. The molecule has 0 aliphatic carbocycles. The largest absolute Gasteiger partial charge is 0.394 e. The SMILES string of the molecule is C[C@@H]1O[C@@H](O[C@H]2[C@H](O[C@H]3[C@H](O)[C@H](O)C(O)O[C@@H]3CO)O[C@H](CO)[C@H](O)[C@@H]2O)[C@@H](O)[C@H](O)[C@@H]1O. The van der Waals surface area contributed by atoms with Gasteiger partial charge in [0.15, 0.2) is 18.9 Å². The third-order valence-corrected chi connectivity index (χ3v) is 6.05. The molecule has 0 aromatic carbocycles. The Bertz CT molecular complexity index is 624. The average Bonchev–Trinajstić information content (AvgIpc) is 2.80. The van der Waals surface area contributed by atoms with Crippen LogP contribution in [0.15, 0.2) is 0 Å². The van der Waals surface area contributed by atoms with Crippen molar-refractivity contribution in [2.24, 2.45) is 0 Å². The minimum Gasteiger partial charge on any atom is -0.394 e. The minimum atomic E-state index is -1.83. The molecule has 0 amide bonds. The number of aliphatic hydroxyl groups excluding tert-OH is 10. The summed E-state index contributed by atoms with van der Waals surface area (Å²) in [7, 11) is 0. The van der Waals surface area contributed by atoms with Crippen molar-refractivity contribution in [3.05, 3.63) is 0 Å². The topological polar surface area (TPSA) is 248 Å². The molecule has 0 bridgehead atoms. The Morgan fingerprint density at radius 3 is 1.73 bits per heavy atom. The lowest BCUT2D eigenvalue weighted by atomic mass is 9.96. The van der Waals surface area contributed by atoms with Crippen LogP contribution in [0.5, 0.6) is 0 Å². The van der Waals surface area contributed by atoms with Crippen LogP contribution in [-0.2, 0) is 23.7 Å². The Labute approximate surface area is 187 Å². The van der Waals surface area contributed by atoms with Gasteiger partial charge in [0.2, 0.25) is 0 Å². The molecule has 3 heterocycles. The van der Waals surface area contributed by atoms with Crippen LogP contribution in [-0.4, -0.2) is 156 Å². The van der Waals surface area contributed by atoms with E-state index in [1.54, 1.807) is 0 Å². The lowest BCUT2D eigenvalue weighted by Crippen LogP contribution is -2.66. The zero-order chi connectivity index (χ0) is 24.6. The standard InChI is InChI=1S/C18H32O15/c1-4-7(21)9(23)13(27)17(29-4)33-15-10(24)8(22)5(2-19)31-18(15)32-14-6(3-20)30-16(28)12(26)11(14)25/h4-28H,2-3H2,1H3/t4-,5+,6+,7+,8-,9+,10-,11+,12-,13-,14+,15+,16?,17-,18-/m0/s1. The molecule has 3 aliphatic heterocycles. The summed E-state index contributed by atoms with van der Waals surface area (Å²) in [5.41, 5.74) is 0. The smallest absolute Gasteiger partial charge is 0.187 e. The number of rotatable bonds is 6. The number of ether oxygens (including phenoxy) is 5. The first kappa shape index (κ1) is 27.0. The lowest BCUT2D eigenvalue weighted by Gasteiger charge is -2.48. The Balaban J connectivity index is 1.83. The summed E-state index contributed by atoms with van der Waals surface area (Å²) in [5, 5.41) is 99.8. The molecule has 15 nitrogen and oxygen atoms in total. The molecule has 0 aromatic rings. The van der Waals surface area contributed by atoms with E-state index in [9.17, 15) is 51.1 Å². The Kier molecular flexibility index (Phi) is 8.99. The van der Waals surface area contributed by atoms with Crippen LogP contribution >= 0.6 is 0 Å². The highest BCUT2D eigenvalue weighted by atomic mass is 16.8. The van der Waals surface area contributed by atoms with Crippen molar-refractivity contribution in [1.82, 2.24) is 0 Å². The maximum absolute atomic E-state index is 10.6. The normalized spacial score (nSPS) is 53.7. The zero-order valence-corrected chi connectivity index (χ0v) is 17.6. The molecule has 0 spiro atoms. The van der Waals surface area contributed by atoms with E-state index in [1.165, 1.54) is 6.92 Å². The highest BCUT2D eigenvalue weighted by Gasteiger charge is 2.53. The van der Waals surface area contributed by atoms with Crippen molar-refractivity contribution >= 4 is 0 Å². The molecule has 3 aliphatic rings. The van der Waals surface area contributed by atoms with Gasteiger partial charge >= 0.3 is 0 Å². The van der Waals surface area contributed by atoms with E-state index in [2.05, 4.69) is 0 Å². The number of hydrogen-bond donors (Lipinski definition) is 10. The van der Waals surface area contributed by atoms with Gasteiger partial charge in [0.05, 0.1) is 19.3 Å². The molecule has 3 fully saturated rings. The van der Waals surface area contributed by atoms with Gasteiger partial charge in [-0.05, 0) is 6.92 Å². The van der Waals surface area contributed by atoms with Gasteiger partial charge in [-0.2, -0.15) is 0 Å². The average molecular weight is 488 g/mol. The van der Waals surface area contributed by atoms with Crippen molar-refractivity contribution < 1.29 is 74.7 Å². The molecular formula is C18H32O15.